The number of hydrogen-bond donors (Lipinski definition) is 1. The Hall–Kier alpha value is -0.280. The minimum Gasteiger partial charge on any atom is -0.293 e. The summed E-state index contributed by atoms with van der Waals surface area (Å²) in [4.78, 5) is 11.4. The number of halogens is 1. The Labute approximate surface area is 85.7 Å². The van der Waals surface area contributed by atoms with Crippen molar-refractivity contribution in [2.75, 3.05) is 0 Å². The molecule has 1 nitrogen and oxygen atoms in total. The fourth-order valence-electron chi connectivity index (χ4n) is 0.855. The molecule has 1 aromatic rings. The van der Waals surface area contributed by atoms with Gasteiger partial charge in [0.2, 0.25) is 0 Å². The van der Waals surface area contributed by atoms with Crippen molar-refractivity contribution < 1.29 is 4.79 Å². The van der Waals surface area contributed by atoms with Crippen LogP contribution in [0.25, 0.3) is 0 Å². The summed E-state index contributed by atoms with van der Waals surface area (Å²) >= 11 is 7.37. The molecule has 0 aliphatic rings. The summed E-state index contributed by atoms with van der Waals surface area (Å²) < 4.78 is 0.978. The molecule has 0 radical (unpaired) electrons. The van der Waals surface area contributed by atoms with E-state index in [-0.39, 0.29) is 11.0 Å². The first-order chi connectivity index (χ1) is 5.61. The molecule has 0 saturated heterocycles. The van der Waals surface area contributed by atoms with Crippen LogP contribution in [0.2, 0.25) is 0 Å². The largest absolute Gasteiger partial charge is 0.293 e. The van der Waals surface area contributed by atoms with Gasteiger partial charge in [0.05, 0.1) is 5.25 Å². The summed E-state index contributed by atoms with van der Waals surface area (Å²) in [6.07, 6.45) is 0. The second-order valence-electron chi connectivity index (χ2n) is 2.55. The molecule has 3 heteroatoms. The van der Waals surface area contributed by atoms with Gasteiger partial charge in [-0.3, -0.25) is 4.79 Å². The van der Waals surface area contributed by atoms with Crippen LogP contribution in [-0.2, 0) is 0 Å². The molecule has 0 heterocycles. The van der Waals surface area contributed by atoms with Gasteiger partial charge in [-0.25, -0.2) is 0 Å². The lowest BCUT2D eigenvalue weighted by atomic mass is 10.1. The Balaban J connectivity index is 2.90. The maximum atomic E-state index is 11.4. The number of Topliss-reactive ketones (excluding diaryl/α,β-unsaturated/α-hetero) is 1. The number of rotatable bonds is 2. The topological polar surface area (TPSA) is 17.1 Å². The third-order valence-corrected chi connectivity index (χ3v) is 2.27. The van der Waals surface area contributed by atoms with E-state index in [0.29, 0.717) is 5.56 Å². The molecule has 1 rings (SSSR count). The molecule has 0 aromatic heterocycles. The third-order valence-electron chi connectivity index (χ3n) is 1.51. The fraction of sp³-hybridized carbons (Fsp3) is 0.222. The highest BCUT2D eigenvalue weighted by Gasteiger charge is 2.09. The van der Waals surface area contributed by atoms with E-state index in [4.69, 9.17) is 0 Å². The van der Waals surface area contributed by atoms with E-state index in [1.54, 1.807) is 19.1 Å². The maximum Gasteiger partial charge on any atom is 0.175 e. The van der Waals surface area contributed by atoms with Crippen LogP contribution in [0.5, 0.6) is 0 Å². The highest BCUT2D eigenvalue weighted by molar-refractivity contribution is 9.10. The molecule has 0 saturated carbocycles. The number of carbonyl (C=O) groups is 1. The van der Waals surface area contributed by atoms with E-state index in [2.05, 4.69) is 28.6 Å². The smallest absolute Gasteiger partial charge is 0.175 e. The summed E-state index contributed by atoms with van der Waals surface area (Å²) in [5, 5.41) is -0.230. The molecular weight excluding hydrogens is 236 g/mol. The van der Waals surface area contributed by atoms with Gasteiger partial charge < -0.3 is 0 Å². The van der Waals surface area contributed by atoms with E-state index in [0.717, 1.165) is 4.47 Å². The fourth-order valence-corrected chi connectivity index (χ4v) is 1.27. The molecule has 0 amide bonds. The molecule has 64 valence electrons. The molecule has 0 aliphatic carbocycles. The summed E-state index contributed by atoms with van der Waals surface area (Å²) in [6, 6.07) is 7.28. The van der Waals surface area contributed by atoms with Crippen molar-refractivity contribution in [3.05, 3.63) is 34.3 Å². The minimum absolute atomic E-state index is 0.0610. The van der Waals surface area contributed by atoms with Crippen LogP contribution in [0.1, 0.15) is 17.3 Å². The average Bonchev–Trinajstić information content (AvgIpc) is 2.04. The van der Waals surface area contributed by atoms with Gasteiger partial charge in [0, 0.05) is 10.0 Å². The Morgan fingerprint density at radius 1 is 1.42 bits per heavy atom. The maximum absolute atomic E-state index is 11.4. The minimum atomic E-state index is -0.230. The van der Waals surface area contributed by atoms with Gasteiger partial charge in [-0.05, 0) is 19.1 Å². The predicted molar refractivity (Wildman–Crippen MR) is 56.9 cm³/mol. The molecule has 0 bridgehead atoms. The summed E-state index contributed by atoms with van der Waals surface area (Å²) in [7, 11) is 0. The summed E-state index contributed by atoms with van der Waals surface area (Å²) in [5.41, 5.74) is 0.709. The van der Waals surface area contributed by atoms with Crippen molar-refractivity contribution in [3.63, 3.8) is 0 Å². The number of benzene rings is 1. The van der Waals surface area contributed by atoms with E-state index in [1.165, 1.54) is 0 Å². The Morgan fingerprint density at radius 2 is 1.92 bits per heavy atom. The third kappa shape index (κ3) is 2.35. The molecule has 12 heavy (non-hydrogen) atoms. The van der Waals surface area contributed by atoms with E-state index >= 15 is 0 Å². The zero-order chi connectivity index (χ0) is 9.14. The zero-order valence-electron chi connectivity index (χ0n) is 6.62. The molecule has 0 aliphatic heterocycles. The van der Waals surface area contributed by atoms with Crippen molar-refractivity contribution in [1.82, 2.24) is 0 Å². The van der Waals surface area contributed by atoms with E-state index < -0.39 is 0 Å². The normalized spacial score (nSPS) is 12.6. The molecule has 1 unspecified atom stereocenters. The Bertz CT molecular complexity index is 279. The number of carbonyl (C=O) groups excluding carboxylic acids is 1. The lowest BCUT2D eigenvalue weighted by Gasteiger charge is -2.02. The first-order valence-electron chi connectivity index (χ1n) is 3.59. The summed E-state index contributed by atoms with van der Waals surface area (Å²) in [5.74, 6) is 0.0610. The van der Waals surface area contributed by atoms with Gasteiger partial charge in [0.15, 0.2) is 5.78 Å². The number of hydrogen-bond acceptors (Lipinski definition) is 2. The first-order valence-corrected chi connectivity index (χ1v) is 4.90. The highest BCUT2D eigenvalue weighted by atomic mass is 79.9. The van der Waals surface area contributed by atoms with E-state index in [9.17, 15) is 4.79 Å². The van der Waals surface area contributed by atoms with Crippen LogP contribution in [0.3, 0.4) is 0 Å². The van der Waals surface area contributed by atoms with Crippen molar-refractivity contribution in [2.45, 2.75) is 12.2 Å². The van der Waals surface area contributed by atoms with Crippen molar-refractivity contribution >= 4 is 34.3 Å². The van der Waals surface area contributed by atoms with E-state index in [1.807, 2.05) is 12.1 Å². The molecule has 0 N–H and O–H groups in total. The van der Waals surface area contributed by atoms with Gasteiger partial charge in [0.1, 0.15) is 0 Å². The predicted octanol–water partition coefficient (Wildman–Crippen LogP) is 2.95. The molecule has 1 atom stereocenters. The van der Waals surface area contributed by atoms with Crippen LogP contribution in [0.4, 0.5) is 0 Å². The van der Waals surface area contributed by atoms with Gasteiger partial charge in [-0.2, -0.15) is 12.6 Å². The van der Waals surface area contributed by atoms with Gasteiger partial charge in [-0.15, -0.1) is 0 Å². The SMILES string of the molecule is CC(S)C(=O)c1ccc(Br)cc1. The molecule has 0 spiro atoms. The molecule has 1 aromatic carbocycles. The second kappa shape index (κ2) is 4.10. The zero-order valence-corrected chi connectivity index (χ0v) is 9.10. The van der Waals surface area contributed by atoms with Gasteiger partial charge in [0.25, 0.3) is 0 Å². The van der Waals surface area contributed by atoms with Crippen LogP contribution >= 0.6 is 28.6 Å². The van der Waals surface area contributed by atoms with Gasteiger partial charge >= 0.3 is 0 Å². The molecular formula is C9H9BrOS. The second-order valence-corrected chi connectivity index (χ2v) is 4.24. The number of ketones is 1. The van der Waals surface area contributed by atoms with Crippen molar-refractivity contribution in [3.8, 4) is 0 Å². The lowest BCUT2D eigenvalue weighted by molar-refractivity contribution is 0.0994. The van der Waals surface area contributed by atoms with Crippen molar-refractivity contribution in [1.29, 1.82) is 0 Å². The highest BCUT2D eigenvalue weighted by Crippen LogP contribution is 2.13. The van der Waals surface area contributed by atoms with Crippen LogP contribution in [0, 0.1) is 0 Å². The van der Waals surface area contributed by atoms with Gasteiger partial charge in [-0.1, -0.05) is 28.1 Å². The quantitative estimate of drug-likeness (QED) is 0.626. The van der Waals surface area contributed by atoms with Crippen LogP contribution < -0.4 is 0 Å². The van der Waals surface area contributed by atoms with Crippen LogP contribution in [0.15, 0.2) is 28.7 Å². The monoisotopic (exact) mass is 244 g/mol. The standard InChI is InChI=1S/C9H9BrOS/c1-6(12)9(11)7-2-4-8(10)5-3-7/h2-6,12H,1H3. The average molecular weight is 245 g/mol. The first kappa shape index (κ1) is 9.81. The van der Waals surface area contributed by atoms with Crippen LogP contribution in [-0.4, -0.2) is 11.0 Å². The Kier molecular flexibility index (Phi) is 3.35. The summed E-state index contributed by atoms with van der Waals surface area (Å²) in [6.45, 7) is 1.77. The number of thiol groups is 1. The van der Waals surface area contributed by atoms with Crippen molar-refractivity contribution in [2.24, 2.45) is 0 Å². The Morgan fingerprint density at radius 3 is 2.33 bits per heavy atom. The lowest BCUT2D eigenvalue weighted by Crippen LogP contribution is -2.09. The molecule has 0 fully saturated rings.